The van der Waals surface area contributed by atoms with Crippen LogP contribution in [0.1, 0.15) is 31.2 Å². The Bertz CT molecular complexity index is 593. The molecule has 2 N–H and O–H groups in total. The second-order valence-corrected chi connectivity index (χ2v) is 6.81. The van der Waals surface area contributed by atoms with E-state index in [0.29, 0.717) is 6.42 Å². The highest BCUT2D eigenvalue weighted by Crippen LogP contribution is 2.17. The van der Waals surface area contributed by atoms with Crippen LogP contribution in [-0.4, -0.2) is 41.9 Å². The summed E-state index contributed by atoms with van der Waals surface area (Å²) in [5, 5.41) is 6.59. The van der Waals surface area contributed by atoms with E-state index in [1.165, 1.54) is 5.56 Å². The predicted octanol–water partition coefficient (Wildman–Crippen LogP) is 1.70. The lowest BCUT2D eigenvalue weighted by Gasteiger charge is -2.24. The number of nitrogens with zero attached hydrogens (tertiary/aromatic N) is 1. The molecule has 0 saturated carbocycles. The summed E-state index contributed by atoms with van der Waals surface area (Å²) in [6.07, 6.45) is 2.99. The summed E-state index contributed by atoms with van der Waals surface area (Å²) < 4.78 is 0. The third-order valence-electron chi connectivity index (χ3n) is 4.46. The smallest absolute Gasteiger partial charge is 0.242 e. The lowest BCUT2D eigenvalue weighted by molar-refractivity contribution is -0.131. The van der Waals surface area contributed by atoms with E-state index in [1.54, 1.807) is 0 Å². The molecule has 5 nitrogen and oxygen atoms in total. The topological polar surface area (TPSA) is 61.4 Å². The molecule has 0 aromatic heterocycles. The van der Waals surface area contributed by atoms with Gasteiger partial charge in [-0.2, -0.15) is 0 Å². The molecule has 2 heterocycles. The van der Waals surface area contributed by atoms with Crippen molar-refractivity contribution in [1.82, 2.24) is 15.5 Å². The molecular weight excluding hydrogens is 314 g/mol. The van der Waals surface area contributed by atoms with Gasteiger partial charge in [0.05, 0.1) is 0 Å². The summed E-state index contributed by atoms with van der Waals surface area (Å²) in [5.41, 5.74) is 1.18. The summed E-state index contributed by atoms with van der Waals surface area (Å²) in [5.74, 6) is -0.0712. The number of rotatable bonds is 4. The number of hydrogen-bond donors (Lipinski definition) is 2. The van der Waals surface area contributed by atoms with Crippen LogP contribution in [-0.2, 0) is 16.1 Å². The molecule has 0 unspecified atom stereocenters. The second kappa shape index (κ2) is 7.32. The highest BCUT2D eigenvalue weighted by atomic mass is 35.5. The minimum atomic E-state index is -0.363. The lowest BCUT2D eigenvalue weighted by Crippen LogP contribution is -2.51. The van der Waals surface area contributed by atoms with Crippen molar-refractivity contribution in [2.75, 3.05) is 13.1 Å². The molecule has 0 bridgehead atoms. The van der Waals surface area contributed by atoms with E-state index >= 15 is 0 Å². The van der Waals surface area contributed by atoms with Gasteiger partial charge in [-0.05, 0) is 37.0 Å². The van der Waals surface area contributed by atoms with Crippen molar-refractivity contribution in [3.63, 3.8) is 0 Å². The molecule has 0 spiro atoms. The molecule has 2 saturated heterocycles. The van der Waals surface area contributed by atoms with Gasteiger partial charge in [0.25, 0.3) is 0 Å². The van der Waals surface area contributed by atoms with Crippen LogP contribution in [0.25, 0.3) is 0 Å². The van der Waals surface area contributed by atoms with Crippen LogP contribution in [0.5, 0.6) is 0 Å². The van der Waals surface area contributed by atoms with E-state index in [1.807, 2.05) is 18.2 Å². The maximum absolute atomic E-state index is 12.2. The Morgan fingerprint density at radius 1 is 1.39 bits per heavy atom. The monoisotopic (exact) mass is 335 g/mol. The quantitative estimate of drug-likeness (QED) is 0.880. The summed E-state index contributed by atoms with van der Waals surface area (Å²) in [7, 11) is 0. The van der Waals surface area contributed by atoms with Gasteiger partial charge in [0.2, 0.25) is 11.8 Å². The fraction of sp³-hybridized carbons (Fsp3) is 0.529. The van der Waals surface area contributed by atoms with Crippen LogP contribution in [0.3, 0.4) is 0 Å². The van der Waals surface area contributed by atoms with Gasteiger partial charge in [-0.25, -0.2) is 0 Å². The van der Waals surface area contributed by atoms with Gasteiger partial charge in [0.15, 0.2) is 0 Å². The Labute approximate surface area is 141 Å². The molecule has 2 aliphatic rings. The highest BCUT2D eigenvalue weighted by molar-refractivity contribution is 6.30. The zero-order chi connectivity index (χ0) is 16.2. The van der Waals surface area contributed by atoms with Gasteiger partial charge in [0.1, 0.15) is 6.04 Å². The maximum atomic E-state index is 12.2. The van der Waals surface area contributed by atoms with Crippen LogP contribution in [0.15, 0.2) is 24.3 Å². The molecule has 3 rings (SSSR count). The molecule has 1 aromatic carbocycles. The third-order valence-corrected chi connectivity index (χ3v) is 4.70. The molecule has 0 aliphatic carbocycles. The molecule has 23 heavy (non-hydrogen) atoms. The van der Waals surface area contributed by atoms with Crippen molar-refractivity contribution in [3.8, 4) is 0 Å². The normalized spacial score (nSPS) is 25.2. The standard InChI is InChI=1S/C17H22ClN3O2/c18-13-4-1-3-12(9-13)10-21-8-7-14(11-21)19-17(23)15-5-2-6-16(22)20-15/h1,3-4,9,14-15H,2,5-8,10-11H2,(H,19,23)(H,20,22)/t14-,15+/m0/s1. The molecule has 2 amide bonds. The lowest BCUT2D eigenvalue weighted by atomic mass is 10.0. The number of hydrogen-bond acceptors (Lipinski definition) is 3. The van der Waals surface area contributed by atoms with E-state index in [0.717, 1.165) is 43.9 Å². The Kier molecular flexibility index (Phi) is 5.18. The molecule has 1 aromatic rings. The molecule has 0 radical (unpaired) electrons. The molecule has 2 atom stereocenters. The van der Waals surface area contributed by atoms with Crippen LogP contribution in [0.4, 0.5) is 0 Å². The largest absolute Gasteiger partial charge is 0.350 e. The Hall–Kier alpha value is -1.59. The summed E-state index contributed by atoms with van der Waals surface area (Å²) in [6.45, 7) is 2.63. The summed E-state index contributed by atoms with van der Waals surface area (Å²) in [4.78, 5) is 26.0. The van der Waals surface area contributed by atoms with Crippen molar-refractivity contribution >= 4 is 23.4 Å². The third kappa shape index (κ3) is 4.45. The maximum Gasteiger partial charge on any atom is 0.242 e. The van der Waals surface area contributed by atoms with Gasteiger partial charge in [-0.1, -0.05) is 23.7 Å². The van der Waals surface area contributed by atoms with Crippen molar-refractivity contribution in [2.24, 2.45) is 0 Å². The SMILES string of the molecule is O=C1CCC[C@H](C(=O)N[C@H]2CCN(Cc3cccc(Cl)c3)C2)N1. The molecule has 6 heteroatoms. The number of piperidine rings is 1. The van der Waals surface area contributed by atoms with Crippen molar-refractivity contribution < 1.29 is 9.59 Å². The number of halogens is 1. The van der Waals surface area contributed by atoms with Crippen LogP contribution in [0.2, 0.25) is 5.02 Å². The van der Waals surface area contributed by atoms with E-state index in [2.05, 4.69) is 21.6 Å². The fourth-order valence-corrected chi connectivity index (χ4v) is 3.50. The van der Waals surface area contributed by atoms with E-state index in [-0.39, 0.29) is 23.9 Å². The van der Waals surface area contributed by atoms with Crippen LogP contribution in [0, 0.1) is 0 Å². The van der Waals surface area contributed by atoms with Gasteiger partial charge in [0, 0.05) is 37.1 Å². The molecule has 2 aliphatic heterocycles. The molecule has 124 valence electrons. The average Bonchev–Trinajstić information content (AvgIpc) is 2.94. The van der Waals surface area contributed by atoms with Crippen molar-refractivity contribution in [2.45, 2.75) is 44.3 Å². The number of nitrogens with one attached hydrogen (secondary N) is 2. The summed E-state index contributed by atoms with van der Waals surface area (Å²) >= 11 is 6.02. The van der Waals surface area contributed by atoms with Gasteiger partial charge >= 0.3 is 0 Å². The number of carbonyl (C=O) groups is 2. The highest BCUT2D eigenvalue weighted by Gasteiger charge is 2.29. The fourth-order valence-electron chi connectivity index (χ4n) is 3.29. The van der Waals surface area contributed by atoms with E-state index in [9.17, 15) is 9.59 Å². The van der Waals surface area contributed by atoms with Gasteiger partial charge in [-0.15, -0.1) is 0 Å². The first kappa shape index (κ1) is 16.3. The predicted molar refractivity (Wildman–Crippen MR) is 89.1 cm³/mol. The van der Waals surface area contributed by atoms with Crippen LogP contribution < -0.4 is 10.6 Å². The van der Waals surface area contributed by atoms with Gasteiger partial charge < -0.3 is 10.6 Å². The Morgan fingerprint density at radius 3 is 3.04 bits per heavy atom. The van der Waals surface area contributed by atoms with Gasteiger partial charge in [-0.3, -0.25) is 14.5 Å². The first-order chi connectivity index (χ1) is 11.1. The number of amides is 2. The minimum Gasteiger partial charge on any atom is -0.350 e. The Balaban J connectivity index is 1.48. The van der Waals surface area contributed by atoms with Crippen LogP contribution >= 0.6 is 11.6 Å². The average molecular weight is 336 g/mol. The Morgan fingerprint density at radius 2 is 2.26 bits per heavy atom. The van der Waals surface area contributed by atoms with E-state index < -0.39 is 0 Å². The van der Waals surface area contributed by atoms with Crippen molar-refractivity contribution in [3.05, 3.63) is 34.9 Å². The summed E-state index contributed by atoms with van der Waals surface area (Å²) in [6, 6.07) is 7.66. The number of carbonyl (C=O) groups excluding carboxylic acids is 2. The van der Waals surface area contributed by atoms with Crippen molar-refractivity contribution in [1.29, 1.82) is 0 Å². The second-order valence-electron chi connectivity index (χ2n) is 6.37. The first-order valence-corrected chi connectivity index (χ1v) is 8.54. The molecular formula is C17H22ClN3O2. The van der Waals surface area contributed by atoms with E-state index in [4.69, 9.17) is 11.6 Å². The zero-order valence-corrected chi connectivity index (χ0v) is 13.8. The first-order valence-electron chi connectivity index (χ1n) is 8.17. The zero-order valence-electron chi connectivity index (χ0n) is 13.1. The number of benzene rings is 1. The minimum absolute atomic E-state index is 0.0228. The molecule has 2 fully saturated rings. The number of likely N-dealkylation sites (tertiary alicyclic amines) is 1.